The van der Waals surface area contributed by atoms with Crippen LogP contribution < -0.4 is 5.32 Å². The molecule has 1 amide bonds. The number of hydrogen-bond acceptors (Lipinski definition) is 4. The van der Waals surface area contributed by atoms with Gasteiger partial charge in [0.15, 0.2) is 0 Å². The Labute approximate surface area is 133 Å². The third-order valence-electron chi connectivity index (χ3n) is 2.47. The molecule has 7 heteroatoms. The average Bonchev–Trinajstić information content (AvgIpc) is 2.46. The Kier molecular flexibility index (Phi) is 6.55. The van der Waals surface area contributed by atoms with Crippen molar-refractivity contribution in [2.45, 2.75) is 6.42 Å². The Morgan fingerprint density at radius 1 is 1.38 bits per heavy atom. The number of carbonyl (C=O) groups excluding carboxylic acids is 1. The molecule has 0 aliphatic heterocycles. The summed E-state index contributed by atoms with van der Waals surface area (Å²) in [5.74, 6) is -0.556. The summed E-state index contributed by atoms with van der Waals surface area (Å²) < 4.78 is 0. The number of hydrogen-bond donors (Lipinski definition) is 1. The predicted molar refractivity (Wildman–Crippen MR) is 81.6 cm³/mol. The molecule has 0 aliphatic rings. The van der Waals surface area contributed by atoms with E-state index in [2.05, 4.69) is 5.32 Å². The molecule has 0 aromatic heterocycles. The highest BCUT2D eigenvalue weighted by atomic mass is 35.5. The molecule has 0 heterocycles. The molecule has 0 unspecified atom stereocenters. The predicted octanol–water partition coefficient (Wildman–Crippen LogP) is 3.18. The van der Waals surface area contributed by atoms with Gasteiger partial charge in [-0.15, -0.1) is 0 Å². The first kappa shape index (κ1) is 16.8. The third kappa shape index (κ3) is 5.35. The molecule has 21 heavy (non-hydrogen) atoms. The fourth-order valence-electron chi connectivity index (χ4n) is 1.42. The topological polar surface area (TPSA) is 79.9 Å². The van der Waals surface area contributed by atoms with Crippen molar-refractivity contribution < 1.29 is 4.79 Å². The zero-order valence-corrected chi connectivity index (χ0v) is 12.7. The maximum Gasteiger partial charge on any atom is 0.267 e. The van der Waals surface area contributed by atoms with E-state index in [9.17, 15) is 4.79 Å². The van der Waals surface area contributed by atoms with Crippen molar-refractivity contribution in [3.63, 3.8) is 0 Å². The van der Waals surface area contributed by atoms with E-state index in [1.54, 1.807) is 24.1 Å². The van der Waals surface area contributed by atoms with Crippen molar-refractivity contribution in [1.82, 2.24) is 4.90 Å². The van der Waals surface area contributed by atoms with Gasteiger partial charge in [-0.1, -0.05) is 23.2 Å². The Morgan fingerprint density at radius 2 is 2.10 bits per heavy atom. The number of rotatable bonds is 5. The highest BCUT2D eigenvalue weighted by Crippen LogP contribution is 2.25. The van der Waals surface area contributed by atoms with Crippen LogP contribution in [0.2, 0.25) is 10.0 Å². The van der Waals surface area contributed by atoms with Crippen LogP contribution in [0.4, 0.5) is 5.69 Å². The molecule has 0 saturated carbocycles. The smallest absolute Gasteiger partial charge is 0.267 e. The number of carbonyl (C=O) groups is 1. The summed E-state index contributed by atoms with van der Waals surface area (Å²) in [5, 5.41) is 20.8. The van der Waals surface area contributed by atoms with Crippen LogP contribution in [0.3, 0.4) is 0 Å². The first-order valence-electron chi connectivity index (χ1n) is 5.93. The fourth-order valence-corrected chi connectivity index (χ4v) is 1.72. The molecule has 1 N–H and O–H groups in total. The third-order valence-corrected chi connectivity index (χ3v) is 3.21. The molecule has 1 aromatic carbocycles. The average molecular weight is 323 g/mol. The van der Waals surface area contributed by atoms with Crippen LogP contribution in [0, 0.1) is 22.7 Å². The molecule has 5 nitrogen and oxygen atoms in total. The van der Waals surface area contributed by atoms with Crippen LogP contribution in [0.25, 0.3) is 0 Å². The molecule has 0 atom stereocenters. The summed E-state index contributed by atoms with van der Waals surface area (Å²) in [6.45, 7) is 0.432. The van der Waals surface area contributed by atoms with Gasteiger partial charge in [-0.25, -0.2) is 0 Å². The molecule has 0 bridgehead atoms. The standard InChI is InChI=1S/C14H12Cl2N4O/c1-20(6-2-5-17)9-10(8-18)14(21)19-11-3-4-12(15)13(16)7-11/h3-4,7,9H,2,6H2,1H3,(H,19,21)/b10-9-. The first-order valence-corrected chi connectivity index (χ1v) is 6.69. The van der Waals surface area contributed by atoms with Gasteiger partial charge in [0.2, 0.25) is 0 Å². The summed E-state index contributed by atoms with van der Waals surface area (Å²) in [6.07, 6.45) is 1.70. The summed E-state index contributed by atoms with van der Waals surface area (Å²) in [6, 6.07) is 8.44. The van der Waals surface area contributed by atoms with E-state index >= 15 is 0 Å². The maximum absolute atomic E-state index is 12.0. The maximum atomic E-state index is 12.0. The fraction of sp³-hybridized carbons (Fsp3) is 0.214. The van der Waals surface area contributed by atoms with Gasteiger partial charge in [0.05, 0.1) is 22.5 Å². The summed E-state index contributed by atoms with van der Waals surface area (Å²) in [4.78, 5) is 13.6. The normalized spacial score (nSPS) is 10.4. The van der Waals surface area contributed by atoms with Crippen LogP contribution in [0.5, 0.6) is 0 Å². The number of nitriles is 2. The lowest BCUT2D eigenvalue weighted by Crippen LogP contribution is -2.18. The van der Waals surface area contributed by atoms with E-state index in [0.29, 0.717) is 28.7 Å². The van der Waals surface area contributed by atoms with Crippen LogP contribution in [0.15, 0.2) is 30.0 Å². The van der Waals surface area contributed by atoms with E-state index in [-0.39, 0.29) is 5.57 Å². The number of amides is 1. The molecular weight excluding hydrogens is 311 g/mol. The lowest BCUT2D eigenvalue weighted by Gasteiger charge is -2.12. The van der Waals surface area contributed by atoms with Gasteiger partial charge in [0.25, 0.3) is 5.91 Å². The second kappa shape index (κ2) is 8.16. The van der Waals surface area contributed by atoms with Crippen LogP contribution in [-0.2, 0) is 4.79 Å². The van der Waals surface area contributed by atoms with Crippen molar-refractivity contribution in [3.05, 3.63) is 40.0 Å². The molecule has 108 valence electrons. The molecule has 1 rings (SSSR count). The van der Waals surface area contributed by atoms with E-state index in [1.165, 1.54) is 12.3 Å². The monoisotopic (exact) mass is 322 g/mol. The minimum atomic E-state index is -0.556. The molecular formula is C14H12Cl2N4O. The van der Waals surface area contributed by atoms with Gasteiger partial charge in [-0.2, -0.15) is 10.5 Å². The van der Waals surface area contributed by atoms with Gasteiger partial charge in [0, 0.05) is 25.5 Å². The number of nitrogens with zero attached hydrogens (tertiary/aromatic N) is 3. The molecule has 0 spiro atoms. The van der Waals surface area contributed by atoms with Gasteiger partial charge >= 0.3 is 0 Å². The number of anilines is 1. The minimum absolute atomic E-state index is 0.0680. The zero-order chi connectivity index (χ0) is 15.8. The Morgan fingerprint density at radius 3 is 2.67 bits per heavy atom. The summed E-state index contributed by atoms with van der Waals surface area (Å²) in [7, 11) is 1.68. The van der Waals surface area contributed by atoms with Crippen molar-refractivity contribution in [1.29, 1.82) is 10.5 Å². The van der Waals surface area contributed by atoms with E-state index in [0.717, 1.165) is 0 Å². The van der Waals surface area contributed by atoms with E-state index in [1.807, 2.05) is 12.1 Å². The zero-order valence-electron chi connectivity index (χ0n) is 11.2. The lowest BCUT2D eigenvalue weighted by molar-refractivity contribution is -0.112. The highest BCUT2D eigenvalue weighted by molar-refractivity contribution is 6.42. The van der Waals surface area contributed by atoms with Crippen LogP contribution in [-0.4, -0.2) is 24.4 Å². The SMILES string of the molecule is CN(/C=C(/C#N)C(=O)Nc1ccc(Cl)c(Cl)c1)CCC#N. The molecule has 0 aliphatic carbocycles. The number of halogens is 2. The van der Waals surface area contributed by atoms with Crippen molar-refractivity contribution >= 4 is 34.8 Å². The van der Waals surface area contributed by atoms with E-state index in [4.69, 9.17) is 33.7 Å². The molecule has 0 fully saturated rings. The largest absolute Gasteiger partial charge is 0.378 e. The second-order valence-electron chi connectivity index (χ2n) is 4.13. The minimum Gasteiger partial charge on any atom is -0.378 e. The van der Waals surface area contributed by atoms with Crippen LogP contribution >= 0.6 is 23.2 Å². The van der Waals surface area contributed by atoms with Crippen molar-refractivity contribution in [2.24, 2.45) is 0 Å². The van der Waals surface area contributed by atoms with Gasteiger partial charge < -0.3 is 10.2 Å². The number of nitrogens with one attached hydrogen (secondary N) is 1. The lowest BCUT2D eigenvalue weighted by atomic mass is 10.2. The van der Waals surface area contributed by atoms with Crippen molar-refractivity contribution in [2.75, 3.05) is 18.9 Å². The van der Waals surface area contributed by atoms with Crippen molar-refractivity contribution in [3.8, 4) is 12.1 Å². The van der Waals surface area contributed by atoms with Gasteiger partial charge in [0.1, 0.15) is 11.6 Å². The molecule has 0 radical (unpaired) electrons. The highest BCUT2D eigenvalue weighted by Gasteiger charge is 2.11. The second-order valence-corrected chi connectivity index (χ2v) is 4.94. The van der Waals surface area contributed by atoms with Gasteiger partial charge in [-0.05, 0) is 18.2 Å². The Hall–Kier alpha value is -2.21. The summed E-state index contributed by atoms with van der Waals surface area (Å²) in [5.41, 5.74) is 0.372. The molecule has 1 aromatic rings. The van der Waals surface area contributed by atoms with Crippen LogP contribution in [0.1, 0.15) is 6.42 Å². The quantitative estimate of drug-likeness (QED) is 0.666. The Balaban J connectivity index is 2.80. The molecule has 0 saturated heterocycles. The first-order chi connectivity index (χ1) is 9.97. The summed E-state index contributed by atoms with van der Waals surface area (Å²) >= 11 is 11.6. The van der Waals surface area contributed by atoms with E-state index < -0.39 is 5.91 Å². The van der Waals surface area contributed by atoms with Gasteiger partial charge in [-0.3, -0.25) is 4.79 Å². The number of benzene rings is 1. The Bertz CT molecular complexity index is 643.